The van der Waals surface area contributed by atoms with E-state index in [0.717, 1.165) is 0 Å². The molecule has 0 aromatic heterocycles. The van der Waals surface area contributed by atoms with Crippen LogP contribution in [-0.4, -0.2) is 26.2 Å². The van der Waals surface area contributed by atoms with Gasteiger partial charge in [-0.3, -0.25) is 4.79 Å². The first-order valence-corrected chi connectivity index (χ1v) is 7.91. The summed E-state index contributed by atoms with van der Waals surface area (Å²) in [6.07, 6.45) is -7.68. The third-order valence-electron chi connectivity index (χ3n) is 4.30. The summed E-state index contributed by atoms with van der Waals surface area (Å²) in [6, 6.07) is 10.7. The molecule has 1 heterocycles. The van der Waals surface area contributed by atoms with Crippen LogP contribution in [0.4, 0.5) is 13.2 Å². The quantitative estimate of drug-likeness (QED) is 0.723. The van der Waals surface area contributed by atoms with E-state index >= 15 is 0 Å². The Morgan fingerprint density at radius 3 is 2.31 bits per heavy atom. The van der Waals surface area contributed by atoms with Crippen molar-refractivity contribution in [2.45, 2.75) is 24.8 Å². The second kappa shape index (κ2) is 6.99. The molecule has 1 aliphatic rings. The van der Waals surface area contributed by atoms with Crippen LogP contribution in [0.1, 0.15) is 40.1 Å². The number of Topliss-reactive ketones (excluding diaryl/α,β-unsaturated/α-hetero) is 1. The van der Waals surface area contributed by atoms with Crippen molar-refractivity contribution in [3.05, 3.63) is 59.2 Å². The molecule has 7 heteroatoms. The fourth-order valence-electron chi connectivity index (χ4n) is 3.06. The largest absolute Gasteiger partial charge is 0.493 e. The Labute approximate surface area is 148 Å². The summed E-state index contributed by atoms with van der Waals surface area (Å²) >= 11 is 0. The van der Waals surface area contributed by atoms with Gasteiger partial charge in [0.05, 0.1) is 20.3 Å². The Morgan fingerprint density at radius 2 is 1.69 bits per heavy atom. The molecule has 1 aliphatic heterocycles. The van der Waals surface area contributed by atoms with Gasteiger partial charge in [-0.1, -0.05) is 24.3 Å². The van der Waals surface area contributed by atoms with E-state index in [-0.39, 0.29) is 17.8 Å². The van der Waals surface area contributed by atoms with Gasteiger partial charge < -0.3 is 14.2 Å². The van der Waals surface area contributed by atoms with Gasteiger partial charge in [0.2, 0.25) is 0 Å². The van der Waals surface area contributed by atoms with Gasteiger partial charge in [0.15, 0.2) is 23.4 Å². The van der Waals surface area contributed by atoms with Crippen LogP contribution in [0.3, 0.4) is 0 Å². The van der Waals surface area contributed by atoms with Gasteiger partial charge in [-0.05, 0) is 29.3 Å². The Morgan fingerprint density at radius 1 is 1.04 bits per heavy atom. The second-order valence-electron chi connectivity index (χ2n) is 5.87. The number of alkyl halides is 3. The Balaban J connectivity index is 1.84. The maximum Gasteiger partial charge on any atom is 0.418 e. The third kappa shape index (κ3) is 3.39. The maximum atomic E-state index is 13.2. The van der Waals surface area contributed by atoms with Crippen molar-refractivity contribution in [2.24, 2.45) is 0 Å². The Hall–Kier alpha value is -2.54. The van der Waals surface area contributed by atoms with Gasteiger partial charge in [-0.25, -0.2) is 0 Å². The van der Waals surface area contributed by atoms with Crippen molar-refractivity contribution in [3.63, 3.8) is 0 Å². The number of ketones is 1. The van der Waals surface area contributed by atoms with Crippen LogP contribution >= 0.6 is 0 Å². The number of halogens is 3. The average molecular weight is 366 g/mol. The van der Waals surface area contributed by atoms with Crippen molar-refractivity contribution in [1.29, 1.82) is 0 Å². The first kappa shape index (κ1) is 18.3. The zero-order valence-corrected chi connectivity index (χ0v) is 14.2. The van der Waals surface area contributed by atoms with E-state index in [0.29, 0.717) is 22.6 Å². The molecule has 2 aromatic rings. The molecule has 0 bridgehead atoms. The normalized spacial score (nSPS) is 19.1. The van der Waals surface area contributed by atoms with E-state index < -0.39 is 18.4 Å². The predicted molar refractivity (Wildman–Crippen MR) is 87.6 cm³/mol. The molecular weight excluding hydrogens is 349 g/mol. The molecule has 2 unspecified atom stereocenters. The lowest BCUT2D eigenvalue weighted by Crippen LogP contribution is -2.20. The van der Waals surface area contributed by atoms with Gasteiger partial charge in [0.25, 0.3) is 0 Å². The predicted octanol–water partition coefficient (Wildman–Crippen LogP) is 4.65. The molecule has 0 saturated carbocycles. The summed E-state index contributed by atoms with van der Waals surface area (Å²) in [7, 11) is 2.91. The molecule has 2 aromatic carbocycles. The summed E-state index contributed by atoms with van der Waals surface area (Å²) in [5.41, 5.74) is 0.771. The molecule has 26 heavy (non-hydrogen) atoms. The number of rotatable bonds is 5. The number of fused-ring (bicyclic) bond motifs is 1. The first-order valence-electron chi connectivity index (χ1n) is 7.91. The molecule has 3 rings (SSSR count). The summed E-state index contributed by atoms with van der Waals surface area (Å²) in [5, 5.41) is 0. The topological polar surface area (TPSA) is 44.8 Å². The van der Waals surface area contributed by atoms with Crippen LogP contribution in [0.15, 0.2) is 42.5 Å². The number of hydrogen-bond acceptors (Lipinski definition) is 4. The molecule has 2 atom stereocenters. The Bertz CT molecular complexity index is 817. The summed E-state index contributed by atoms with van der Waals surface area (Å²) in [5.74, 6) is 0.497. The van der Waals surface area contributed by atoms with Gasteiger partial charge in [0.1, 0.15) is 0 Å². The number of hydrogen-bond donors (Lipinski definition) is 0. The fraction of sp³-hybridized carbons (Fsp3) is 0.316. The third-order valence-corrected chi connectivity index (χ3v) is 4.30. The van der Waals surface area contributed by atoms with E-state index in [4.69, 9.17) is 14.2 Å². The molecule has 0 aliphatic carbocycles. The second-order valence-corrected chi connectivity index (χ2v) is 5.87. The summed E-state index contributed by atoms with van der Waals surface area (Å²) in [4.78, 5) is 12.6. The SMILES string of the molecule is COc1ccc(C(=O)CC2OC(C(F)(F)F)c3ccccc32)cc1OC. The standard InChI is InChI=1S/C19H17F3O4/c1-24-15-8-7-11(9-17(15)25-2)14(23)10-16-12-5-3-4-6-13(12)18(26-16)19(20,21)22/h3-9,16,18H,10H2,1-2H3. The van der Waals surface area contributed by atoms with Gasteiger partial charge in [-0.2, -0.15) is 13.2 Å². The van der Waals surface area contributed by atoms with Crippen LogP contribution in [0.25, 0.3) is 0 Å². The first-order chi connectivity index (χ1) is 12.3. The van der Waals surface area contributed by atoms with Crippen LogP contribution in [-0.2, 0) is 4.74 Å². The molecule has 138 valence electrons. The summed E-state index contributed by atoms with van der Waals surface area (Å²) in [6.45, 7) is 0. The Kier molecular flexibility index (Phi) is 4.91. The van der Waals surface area contributed by atoms with Gasteiger partial charge in [0, 0.05) is 12.0 Å². The summed E-state index contributed by atoms with van der Waals surface area (Å²) < 4.78 is 55.1. The molecule has 0 N–H and O–H groups in total. The lowest BCUT2D eigenvalue weighted by Gasteiger charge is -2.17. The zero-order chi connectivity index (χ0) is 18.9. The minimum Gasteiger partial charge on any atom is -0.493 e. The van der Waals surface area contributed by atoms with Crippen molar-refractivity contribution >= 4 is 5.78 Å². The van der Waals surface area contributed by atoms with Crippen LogP contribution in [0.5, 0.6) is 11.5 Å². The lowest BCUT2D eigenvalue weighted by molar-refractivity contribution is -0.228. The van der Waals surface area contributed by atoms with Crippen molar-refractivity contribution in [1.82, 2.24) is 0 Å². The molecule has 0 spiro atoms. The molecule has 0 amide bonds. The van der Waals surface area contributed by atoms with E-state index in [1.165, 1.54) is 32.4 Å². The van der Waals surface area contributed by atoms with Gasteiger partial charge in [-0.15, -0.1) is 0 Å². The highest BCUT2D eigenvalue weighted by atomic mass is 19.4. The van der Waals surface area contributed by atoms with E-state index in [1.807, 2.05) is 0 Å². The number of benzene rings is 2. The van der Waals surface area contributed by atoms with Crippen molar-refractivity contribution < 1.29 is 32.2 Å². The molecule has 0 fully saturated rings. The molecule has 0 radical (unpaired) electrons. The number of ether oxygens (including phenoxy) is 3. The molecular formula is C19H17F3O4. The average Bonchev–Trinajstić information content (AvgIpc) is 3.00. The van der Waals surface area contributed by atoms with Crippen LogP contribution in [0.2, 0.25) is 0 Å². The number of methoxy groups -OCH3 is 2. The maximum absolute atomic E-state index is 13.2. The van der Waals surface area contributed by atoms with Crippen molar-refractivity contribution in [2.75, 3.05) is 14.2 Å². The molecule has 4 nitrogen and oxygen atoms in total. The van der Waals surface area contributed by atoms with Crippen molar-refractivity contribution in [3.8, 4) is 11.5 Å². The highest BCUT2D eigenvalue weighted by Crippen LogP contribution is 2.48. The minimum absolute atomic E-state index is 0.0603. The van der Waals surface area contributed by atoms with E-state index in [9.17, 15) is 18.0 Å². The lowest BCUT2D eigenvalue weighted by atomic mass is 9.97. The van der Waals surface area contributed by atoms with Crippen LogP contribution < -0.4 is 9.47 Å². The van der Waals surface area contributed by atoms with Gasteiger partial charge >= 0.3 is 6.18 Å². The van der Waals surface area contributed by atoms with Crippen LogP contribution in [0, 0.1) is 0 Å². The minimum atomic E-state index is -4.53. The van der Waals surface area contributed by atoms with E-state index in [2.05, 4.69) is 0 Å². The number of carbonyl (C=O) groups excluding carboxylic acids is 1. The highest BCUT2D eigenvalue weighted by Gasteiger charge is 2.49. The fourth-order valence-corrected chi connectivity index (χ4v) is 3.06. The zero-order valence-electron chi connectivity index (χ0n) is 14.2. The smallest absolute Gasteiger partial charge is 0.418 e. The van der Waals surface area contributed by atoms with E-state index in [1.54, 1.807) is 24.3 Å². The monoisotopic (exact) mass is 366 g/mol. The highest BCUT2D eigenvalue weighted by molar-refractivity contribution is 5.97. The number of carbonyl (C=O) groups is 1. The molecule has 0 saturated heterocycles.